The molecule has 0 aromatic heterocycles. The number of benzene rings is 1. The Morgan fingerprint density at radius 3 is 2.17 bits per heavy atom. The van der Waals surface area contributed by atoms with Gasteiger partial charge in [-0.3, -0.25) is 14.4 Å². The highest BCUT2D eigenvalue weighted by Crippen LogP contribution is 2.09. The highest BCUT2D eigenvalue weighted by molar-refractivity contribution is 5.98. The summed E-state index contributed by atoms with van der Waals surface area (Å²) in [5.74, 6) is -0.392. The molecule has 2 amide bonds. The molecule has 1 rings (SSSR count). The number of carbonyl (C=O) groups excluding carboxylic acids is 3. The first-order valence-electron chi connectivity index (χ1n) is 8.18. The molecule has 0 bridgehead atoms. The zero-order valence-electron chi connectivity index (χ0n) is 14.2. The van der Waals surface area contributed by atoms with Crippen molar-refractivity contribution in [3.05, 3.63) is 35.4 Å². The van der Waals surface area contributed by atoms with E-state index in [9.17, 15) is 14.4 Å². The molecule has 126 valence electrons. The lowest BCUT2D eigenvalue weighted by molar-refractivity contribution is -0.135. The van der Waals surface area contributed by atoms with Gasteiger partial charge in [0.25, 0.3) is 0 Å². The van der Waals surface area contributed by atoms with Crippen molar-refractivity contribution in [2.45, 2.75) is 40.0 Å². The summed E-state index contributed by atoms with van der Waals surface area (Å²) in [5.41, 5.74) is 1.80. The van der Waals surface area contributed by atoms with Gasteiger partial charge in [-0.1, -0.05) is 31.2 Å². The maximum absolute atomic E-state index is 12.1. The van der Waals surface area contributed by atoms with Crippen molar-refractivity contribution in [3.8, 4) is 0 Å². The van der Waals surface area contributed by atoms with E-state index in [1.807, 2.05) is 26.0 Å². The van der Waals surface area contributed by atoms with Crippen molar-refractivity contribution in [1.82, 2.24) is 10.2 Å². The number of aryl methyl sites for hydroxylation is 1. The number of likely N-dealkylation sites (N-methyl/N-ethyl adjacent to an activating group) is 2. The Balaban J connectivity index is 2.52. The molecule has 1 aromatic carbocycles. The number of carbonyl (C=O) groups is 3. The van der Waals surface area contributed by atoms with Gasteiger partial charge in [-0.15, -0.1) is 0 Å². The number of hydrogen-bond acceptors (Lipinski definition) is 3. The summed E-state index contributed by atoms with van der Waals surface area (Å²) in [6.45, 7) is 6.75. The van der Waals surface area contributed by atoms with E-state index in [-0.39, 0.29) is 37.0 Å². The molecule has 0 aliphatic rings. The fraction of sp³-hybridized carbons (Fsp3) is 0.500. The lowest BCUT2D eigenvalue weighted by atomic mass is 10.0. The average molecular weight is 318 g/mol. The molecule has 1 N–H and O–H groups in total. The molecule has 0 aliphatic carbocycles. The molecule has 0 unspecified atom stereocenters. The van der Waals surface area contributed by atoms with Gasteiger partial charge in [0.05, 0.1) is 6.54 Å². The molecule has 0 atom stereocenters. The topological polar surface area (TPSA) is 66.5 Å². The molecule has 0 spiro atoms. The van der Waals surface area contributed by atoms with Gasteiger partial charge < -0.3 is 10.2 Å². The highest BCUT2D eigenvalue weighted by Gasteiger charge is 2.16. The van der Waals surface area contributed by atoms with Gasteiger partial charge in [-0.25, -0.2) is 0 Å². The smallest absolute Gasteiger partial charge is 0.239 e. The molecule has 0 radical (unpaired) electrons. The second-order valence-electron chi connectivity index (χ2n) is 5.34. The van der Waals surface area contributed by atoms with Crippen molar-refractivity contribution in [2.24, 2.45) is 0 Å². The number of Topliss-reactive ketones (excluding diaryl/α,β-unsaturated/α-hetero) is 1. The van der Waals surface area contributed by atoms with E-state index in [4.69, 9.17) is 0 Å². The average Bonchev–Trinajstić information content (AvgIpc) is 2.57. The number of amides is 2. The fourth-order valence-corrected chi connectivity index (χ4v) is 2.25. The van der Waals surface area contributed by atoms with Gasteiger partial charge in [-0.05, 0) is 25.8 Å². The van der Waals surface area contributed by atoms with Crippen molar-refractivity contribution < 1.29 is 14.4 Å². The van der Waals surface area contributed by atoms with E-state index < -0.39 is 0 Å². The fourth-order valence-electron chi connectivity index (χ4n) is 2.25. The maximum Gasteiger partial charge on any atom is 0.239 e. The predicted molar refractivity (Wildman–Crippen MR) is 90.3 cm³/mol. The van der Waals surface area contributed by atoms with E-state index in [0.717, 1.165) is 6.42 Å². The quantitative estimate of drug-likeness (QED) is 0.710. The summed E-state index contributed by atoms with van der Waals surface area (Å²) < 4.78 is 0. The minimum absolute atomic E-state index is 0.0442. The molecule has 5 heteroatoms. The minimum Gasteiger partial charge on any atom is -0.355 e. The van der Waals surface area contributed by atoms with Crippen LogP contribution in [0.15, 0.2) is 24.3 Å². The molecule has 0 saturated carbocycles. The van der Waals surface area contributed by atoms with Crippen LogP contribution in [0, 0.1) is 0 Å². The number of nitrogens with one attached hydrogen (secondary N) is 1. The van der Waals surface area contributed by atoms with Crippen LogP contribution in [-0.4, -0.2) is 42.1 Å². The normalized spacial score (nSPS) is 10.2. The molecule has 0 saturated heterocycles. The van der Waals surface area contributed by atoms with Crippen molar-refractivity contribution >= 4 is 17.6 Å². The van der Waals surface area contributed by atoms with Gasteiger partial charge in [-0.2, -0.15) is 0 Å². The predicted octanol–water partition coefficient (Wildman–Crippen LogP) is 2.20. The van der Waals surface area contributed by atoms with Crippen molar-refractivity contribution in [3.63, 3.8) is 0 Å². The van der Waals surface area contributed by atoms with Crippen LogP contribution < -0.4 is 5.32 Å². The summed E-state index contributed by atoms with van der Waals surface area (Å²) in [5, 5.41) is 2.67. The van der Waals surface area contributed by atoms with E-state index in [0.29, 0.717) is 18.7 Å². The lowest BCUT2D eigenvalue weighted by Gasteiger charge is -2.20. The summed E-state index contributed by atoms with van der Waals surface area (Å²) in [7, 11) is 0. The molecule has 0 aliphatic heterocycles. The third-order valence-corrected chi connectivity index (χ3v) is 3.69. The van der Waals surface area contributed by atoms with Crippen LogP contribution >= 0.6 is 0 Å². The Morgan fingerprint density at radius 1 is 1.00 bits per heavy atom. The first-order valence-corrected chi connectivity index (χ1v) is 8.18. The monoisotopic (exact) mass is 318 g/mol. The third-order valence-electron chi connectivity index (χ3n) is 3.69. The van der Waals surface area contributed by atoms with Crippen LogP contribution in [0.3, 0.4) is 0 Å². The number of nitrogens with zero attached hydrogens (tertiary/aromatic N) is 1. The van der Waals surface area contributed by atoms with Crippen LogP contribution in [0.2, 0.25) is 0 Å². The summed E-state index contributed by atoms with van der Waals surface area (Å²) in [4.78, 5) is 37.3. The van der Waals surface area contributed by atoms with Gasteiger partial charge in [0, 0.05) is 31.5 Å². The summed E-state index contributed by atoms with van der Waals surface area (Å²) in [6.07, 6.45) is 1.22. The number of ketones is 1. The van der Waals surface area contributed by atoms with Crippen LogP contribution in [-0.2, 0) is 16.0 Å². The zero-order chi connectivity index (χ0) is 17.2. The van der Waals surface area contributed by atoms with Crippen LogP contribution in [0.1, 0.15) is 49.5 Å². The number of rotatable bonds is 9. The molecule has 1 aromatic rings. The number of hydrogen-bond donors (Lipinski definition) is 1. The first kappa shape index (κ1) is 18.9. The Labute approximate surface area is 138 Å². The largest absolute Gasteiger partial charge is 0.355 e. The Bertz CT molecular complexity index is 538. The first-order chi connectivity index (χ1) is 11.0. The second-order valence-corrected chi connectivity index (χ2v) is 5.34. The van der Waals surface area contributed by atoms with Crippen molar-refractivity contribution in [1.29, 1.82) is 0 Å². The van der Waals surface area contributed by atoms with Gasteiger partial charge >= 0.3 is 0 Å². The second kappa shape index (κ2) is 9.77. The van der Waals surface area contributed by atoms with E-state index in [2.05, 4.69) is 12.2 Å². The van der Waals surface area contributed by atoms with Crippen LogP contribution in [0.4, 0.5) is 0 Å². The molecule has 5 nitrogen and oxygen atoms in total. The third kappa shape index (κ3) is 6.22. The SMILES string of the molecule is CCNC(=O)CN(CC)C(=O)CCC(=O)c1ccc(CC)cc1. The maximum atomic E-state index is 12.1. The molecule has 0 fully saturated rings. The molecular weight excluding hydrogens is 292 g/mol. The van der Waals surface area contributed by atoms with Crippen LogP contribution in [0.5, 0.6) is 0 Å². The van der Waals surface area contributed by atoms with Gasteiger partial charge in [0.1, 0.15) is 0 Å². The lowest BCUT2D eigenvalue weighted by Crippen LogP contribution is -2.40. The Kier molecular flexibility index (Phi) is 8.02. The summed E-state index contributed by atoms with van der Waals surface area (Å²) >= 11 is 0. The standard InChI is InChI=1S/C18H26N2O3/c1-4-14-7-9-15(10-8-14)16(21)11-12-18(23)20(6-3)13-17(22)19-5-2/h7-10H,4-6,11-13H2,1-3H3,(H,19,22). The summed E-state index contributed by atoms with van der Waals surface area (Å²) in [6, 6.07) is 7.47. The molecule has 23 heavy (non-hydrogen) atoms. The van der Waals surface area contributed by atoms with E-state index >= 15 is 0 Å². The van der Waals surface area contributed by atoms with Crippen molar-refractivity contribution in [2.75, 3.05) is 19.6 Å². The van der Waals surface area contributed by atoms with Crippen LogP contribution in [0.25, 0.3) is 0 Å². The Hall–Kier alpha value is -2.17. The zero-order valence-corrected chi connectivity index (χ0v) is 14.2. The molecule has 0 heterocycles. The highest BCUT2D eigenvalue weighted by atomic mass is 16.2. The van der Waals surface area contributed by atoms with Gasteiger partial charge in [0.2, 0.25) is 11.8 Å². The van der Waals surface area contributed by atoms with E-state index in [1.165, 1.54) is 10.5 Å². The Morgan fingerprint density at radius 2 is 1.65 bits per heavy atom. The minimum atomic E-state index is -0.177. The van der Waals surface area contributed by atoms with E-state index in [1.54, 1.807) is 12.1 Å². The van der Waals surface area contributed by atoms with Gasteiger partial charge in [0.15, 0.2) is 5.78 Å². The molecular formula is C18H26N2O3.